The van der Waals surface area contributed by atoms with Gasteiger partial charge in [-0.05, 0) is 37.4 Å². The van der Waals surface area contributed by atoms with E-state index < -0.39 is 37.9 Å². The average molecular weight is 616 g/mol. The lowest BCUT2D eigenvalue weighted by molar-refractivity contribution is -0.115. The quantitative estimate of drug-likeness (QED) is 0.371. The number of amides is 2. The Kier molecular flexibility index (Phi) is 8.29. The molecule has 14 heteroatoms. The predicted octanol–water partition coefficient (Wildman–Crippen LogP) is 3.52. The third-order valence-corrected chi connectivity index (χ3v) is 9.64. The fraction of sp³-hybridized carbons (Fsp3) is 0.414. The van der Waals surface area contributed by atoms with Crippen molar-refractivity contribution >= 4 is 39.0 Å². The van der Waals surface area contributed by atoms with Crippen molar-refractivity contribution in [2.24, 2.45) is 0 Å². The van der Waals surface area contributed by atoms with Gasteiger partial charge in [0.1, 0.15) is 11.6 Å². The number of nitrogens with one attached hydrogen (secondary N) is 3. The summed E-state index contributed by atoms with van der Waals surface area (Å²) < 4.78 is 55.8. The maximum Gasteiger partial charge on any atom is 0.258 e. The molecule has 2 aliphatic heterocycles. The lowest BCUT2D eigenvalue weighted by Crippen LogP contribution is -2.45. The molecule has 230 valence electrons. The number of carbonyl (C=O) groups excluding carboxylic acids is 2. The topological polar surface area (TPSA) is 131 Å². The van der Waals surface area contributed by atoms with Crippen molar-refractivity contribution in [3.63, 3.8) is 0 Å². The van der Waals surface area contributed by atoms with Gasteiger partial charge in [-0.2, -0.15) is 9.40 Å². The maximum atomic E-state index is 13.9. The van der Waals surface area contributed by atoms with E-state index in [-0.39, 0.29) is 36.8 Å². The van der Waals surface area contributed by atoms with E-state index in [2.05, 4.69) is 37.7 Å². The molecule has 0 atom stereocenters. The van der Waals surface area contributed by atoms with Crippen LogP contribution in [-0.4, -0.2) is 79.4 Å². The van der Waals surface area contributed by atoms with Crippen molar-refractivity contribution in [1.82, 2.24) is 19.4 Å². The van der Waals surface area contributed by atoms with Gasteiger partial charge in [0, 0.05) is 74.1 Å². The number of halogens is 2. The van der Waals surface area contributed by atoms with Crippen molar-refractivity contribution in [3.8, 4) is 0 Å². The average Bonchev–Trinajstić information content (AvgIpc) is 3.36. The minimum Gasteiger partial charge on any atom is -0.369 e. The van der Waals surface area contributed by atoms with E-state index in [1.54, 1.807) is 32.9 Å². The minimum atomic E-state index is -4.29. The lowest BCUT2D eigenvalue weighted by Gasteiger charge is -2.36. The highest BCUT2D eigenvalue weighted by Crippen LogP contribution is 2.38. The van der Waals surface area contributed by atoms with Crippen LogP contribution in [0.3, 0.4) is 0 Å². The summed E-state index contributed by atoms with van der Waals surface area (Å²) in [4.78, 5) is 29.9. The van der Waals surface area contributed by atoms with Crippen LogP contribution in [0.15, 0.2) is 41.3 Å². The number of H-pyrrole nitrogens is 1. The summed E-state index contributed by atoms with van der Waals surface area (Å²) in [5, 5.41) is 12.8. The lowest BCUT2D eigenvalue weighted by atomic mass is 9.84. The number of sulfonamides is 1. The molecule has 0 spiro atoms. The molecule has 11 nitrogen and oxygen atoms in total. The maximum absolute atomic E-state index is 13.9. The van der Waals surface area contributed by atoms with Crippen LogP contribution in [0.5, 0.6) is 0 Å². The highest BCUT2D eigenvalue weighted by atomic mass is 32.2. The Hall–Kier alpha value is -3.88. The molecule has 1 saturated heterocycles. The largest absolute Gasteiger partial charge is 0.369 e. The van der Waals surface area contributed by atoms with Crippen LogP contribution in [0.25, 0.3) is 0 Å². The van der Waals surface area contributed by atoms with Crippen LogP contribution in [-0.2, 0) is 26.8 Å². The van der Waals surface area contributed by atoms with E-state index >= 15 is 0 Å². The number of hydrogen-bond donors (Lipinski definition) is 3. The molecule has 0 unspecified atom stereocenters. The molecule has 43 heavy (non-hydrogen) atoms. The SMILES string of the molecule is CCC(=O)Nc1cc(N2CCN(C)CC2)ccc1C(=O)Nc1n[nH]c2c1CN(S(=O)(=O)c1cc(F)cc(F)c1)CC2(C)C. The fourth-order valence-corrected chi connectivity index (χ4v) is 7.05. The Morgan fingerprint density at radius 2 is 1.70 bits per heavy atom. The number of rotatable bonds is 7. The molecule has 2 amide bonds. The zero-order valence-corrected chi connectivity index (χ0v) is 25.3. The minimum absolute atomic E-state index is 0.0109. The number of anilines is 3. The molecule has 5 rings (SSSR count). The monoisotopic (exact) mass is 615 g/mol. The second kappa shape index (κ2) is 11.7. The van der Waals surface area contributed by atoms with Crippen LogP contribution in [0, 0.1) is 11.6 Å². The number of likely N-dealkylation sites (N-methyl/N-ethyl adjacent to an activating group) is 1. The zero-order valence-electron chi connectivity index (χ0n) is 24.5. The molecule has 0 saturated carbocycles. The van der Waals surface area contributed by atoms with Crippen LogP contribution in [0.2, 0.25) is 0 Å². The number of hydrogen-bond acceptors (Lipinski definition) is 7. The van der Waals surface area contributed by atoms with E-state index in [1.807, 2.05) is 6.07 Å². The number of fused-ring (bicyclic) bond motifs is 1. The van der Waals surface area contributed by atoms with Crippen LogP contribution in [0.4, 0.5) is 26.0 Å². The van der Waals surface area contributed by atoms with E-state index in [9.17, 15) is 26.8 Å². The van der Waals surface area contributed by atoms with Gasteiger partial charge in [0.25, 0.3) is 5.91 Å². The third-order valence-electron chi connectivity index (χ3n) is 7.87. The van der Waals surface area contributed by atoms with Gasteiger partial charge in [-0.3, -0.25) is 14.7 Å². The highest BCUT2D eigenvalue weighted by molar-refractivity contribution is 7.89. The third kappa shape index (κ3) is 6.26. The van der Waals surface area contributed by atoms with Crippen molar-refractivity contribution in [1.29, 1.82) is 0 Å². The Morgan fingerprint density at radius 1 is 1.02 bits per heavy atom. The summed E-state index contributed by atoms with van der Waals surface area (Å²) in [5.74, 6) is -2.68. The number of carbonyl (C=O) groups is 2. The van der Waals surface area contributed by atoms with Crippen LogP contribution in [0.1, 0.15) is 48.8 Å². The van der Waals surface area contributed by atoms with E-state index in [1.165, 1.54) is 0 Å². The summed E-state index contributed by atoms with van der Waals surface area (Å²) >= 11 is 0. The molecule has 0 bridgehead atoms. The standard InChI is InChI=1S/C29H35F2N7O4S/c1-5-25(39)32-24-15-20(37-10-8-36(4)9-11-37)6-7-22(24)28(40)33-27-23-16-38(17-29(2,3)26(23)34-35-27)43(41,42)21-13-18(30)12-19(31)14-21/h6-7,12-15H,5,8-11,16-17H2,1-4H3,(H,32,39)(H2,33,34,35,40). The number of aromatic nitrogens is 2. The summed E-state index contributed by atoms with van der Waals surface area (Å²) in [6.45, 7) is 8.54. The number of aromatic amines is 1. The van der Waals surface area contributed by atoms with Gasteiger partial charge in [0.15, 0.2) is 5.82 Å². The molecule has 3 N–H and O–H groups in total. The Bertz CT molecular complexity index is 1650. The van der Waals surface area contributed by atoms with E-state index in [4.69, 9.17) is 0 Å². The summed E-state index contributed by atoms with van der Waals surface area (Å²) in [5.41, 5.74) is 1.73. The van der Waals surface area contributed by atoms with Gasteiger partial charge < -0.3 is 20.4 Å². The Labute approximate surface area is 249 Å². The molecule has 3 heterocycles. The second-order valence-electron chi connectivity index (χ2n) is 11.6. The number of benzene rings is 2. The number of nitrogens with zero attached hydrogens (tertiary/aromatic N) is 4. The predicted molar refractivity (Wildman–Crippen MR) is 159 cm³/mol. The van der Waals surface area contributed by atoms with Crippen LogP contribution >= 0.6 is 0 Å². The first-order valence-electron chi connectivity index (χ1n) is 14.0. The Morgan fingerprint density at radius 3 is 2.35 bits per heavy atom. The molecule has 0 radical (unpaired) electrons. The Balaban J connectivity index is 1.44. The molecule has 3 aromatic rings. The van der Waals surface area contributed by atoms with Gasteiger partial charge in [-0.1, -0.05) is 20.8 Å². The molecular formula is C29H35F2N7O4S. The van der Waals surface area contributed by atoms with Crippen molar-refractivity contribution < 1.29 is 26.8 Å². The molecular weight excluding hydrogens is 580 g/mol. The van der Waals surface area contributed by atoms with Gasteiger partial charge in [-0.15, -0.1) is 0 Å². The fourth-order valence-electron chi connectivity index (χ4n) is 5.44. The van der Waals surface area contributed by atoms with E-state index in [0.29, 0.717) is 23.0 Å². The molecule has 2 aromatic carbocycles. The van der Waals surface area contributed by atoms with Gasteiger partial charge in [0.05, 0.1) is 16.1 Å². The first kappa shape index (κ1) is 30.6. The van der Waals surface area contributed by atoms with Crippen molar-refractivity contribution in [2.45, 2.75) is 44.0 Å². The summed E-state index contributed by atoms with van der Waals surface area (Å²) in [7, 11) is -2.24. The molecule has 1 aromatic heterocycles. The van der Waals surface area contributed by atoms with Gasteiger partial charge in [0.2, 0.25) is 15.9 Å². The van der Waals surface area contributed by atoms with Crippen molar-refractivity contribution in [2.75, 3.05) is 55.3 Å². The van der Waals surface area contributed by atoms with Gasteiger partial charge >= 0.3 is 0 Å². The zero-order chi connectivity index (χ0) is 31.1. The second-order valence-corrected chi connectivity index (χ2v) is 13.5. The first-order valence-corrected chi connectivity index (χ1v) is 15.4. The van der Waals surface area contributed by atoms with Gasteiger partial charge in [-0.25, -0.2) is 17.2 Å². The summed E-state index contributed by atoms with van der Waals surface area (Å²) in [6, 6.07) is 7.41. The normalized spacial score (nSPS) is 17.4. The molecule has 2 aliphatic rings. The first-order chi connectivity index (χ1) is 20.3. The van der Waals surface area contributed by atoms with Crippen molar-refractivity contribution in [3.05, 3.63) is 64.9 Å². The summed E-state index contributed by atoms with van der Waals surface area (Å²) in [6.07, 6.45) is 0.223. The smallest absolute Gasteiger partial charge is 0.258 e. The molecule has 1 fully saturated rings. The molecule has 0 aliphatic carbocycles. The van der Waals surface area contributed by atoms with Crippen LogP contribution < -0.4 is 15.5 Å². The highest BCUT2D eigenvalue weighted by Gasteiger charge is 2.41. The van der Waals surface area contributed by atoms with E-state index in [0.717, 1.165) is 48.3 Å². The number of piperazine rings is 1.